The Morgan fingerprint density at radius 2 is 1.47 bits per heavy atom. The van der Waals surface area contributed by atoms with Crippen LogP contribution >= 0.6 is 0 Å². The number of fused-ring (bicyclic) bond motifs is 6. The van der Waals surface area contributed by atoms with Crippen molar-refractivity contribution >= 4 is 43.7 Å². The van der Waals surface area contributed by atoms with Crippen LogP contribution in [0, 0.1) is 27.7 Å². The number of benzene rings is 4. The molecule has 0 aliphatic heterocycles. The molecule has 8 rings (SSSR count). The monoisotopic (exact) mass is 589 g/mol. The number of furan rings is 1. The van der Waals surface area contributed by atoms with Gasteiger partial charge in [0.25, 0.3) is 0 Å². The SMILES string of the molecule is Cc1cccc(C)c1-c1ccc2c(n1)oc1c(-c3nc(C(C)C)nc4c3ccc3cc(C)c(C5CCCC5)c(C)c34)cccc12. The first-order chi connectivity index (χ1) is 21.8. The van der Waals surface area contributed by atoms with Crippen molar-refractivity contribution in [3.05, 3.63) is 100 Å². The molecule has 0 amide bonds. The van der Waals surface area contributed by atoms with Gasteiger partial charge in [-0.3, -0.25) is 0 Å². The van der Waals surface area contributed by atoms with Gasteiger partial charge in [0.1, 0.15) is 11.4 Å². The van der Waals surface area contributed by atoms with E-state index in [9.17, 15) is 0 Å². The van der Waals surface area contributed by atoms with Gasteiger partial charge in [-0.15, -0.1) is 0 Å². The number of aromatic nitrogens is 3. The number of para-hydroxylation sites is 1. The van der Waals surface area contributed by atoms with E-state index in [0.717, 1.165) is 55.6 Å². The minimum absolute atomic E-state index is 0.180. The Morgan fingerprint density at radius 1 is 0.733 bits per heavy atom. The fraction of sp³-hybridized carbons (Fsp3) is 0.293. The number of pyridine rings is 1. The zero-order chi connectivity index (χ0) is 31.0. The van der Waals surface area contributed by atoms with Crippen molar-refractivity contribution in [2.45, 2.75) is 79.1 Å². The standard InChI is InChI=1S/C41H39N3O/c1-22(2)40-43-37(31-18-17-28-21-25(5)35(27-13-7-8-14-27)26(6)36(28)38(31)44-40)32-16-10-15-29-30-19-20-33(42-41(30)45-39(29)32)34-23(3)11-9-12-24(34)4/h9-12,15-22,27H,7-8,13-14H2,1-6H3. The van der Waals surface area contributed by atoms with E-state index in [-0.39, 0.29) is 5.92 Å². The van der Waals surface area contributed by atoms with Gasteiger partial charge in [0.15, 0.2) is 0 Å². The molecule has 45 heavy (non-hydrogen) atoms. The highest BCUT2D eigenvalue weighted by molar-refractivity contribution is 6.15. The molecule has 224 valence electrons. The van der Waals surface area contributed by atoms with E-state index < -0.39 is 0 Å². The second-order valence-electron chi connectivity index (χ2n) is 13.5. The number of nitrogens with zero attached hydrogens (tertiary/aromatic N) is 3. The summed E-state index contributed by atoms with van der Waals surface area (Å²) in [6, 6.07) is 23.9. The van der Waals surface area contributed by atoms with Gasteiger partial charge >= 0.3 is 0 Å². The highest BCUT2D eigenvalue weighted by atomic mass is 16.3. The lowest BCUT2D eigenvalue weighted by atomic mass is 9.85. The second kappa shape index (κ2) is 10.5. The lowest BCUT2D eigenvalue weighted by Crippen LogP contribution is -2.04. The normalized spacial score (nSPS) is 14.2. The molecule has 0 N–H and O–H groups in total. The van der Waals surface area contributed by atoms with E-state index >= 15 is 0 Å². The molecule has 0 saturated heterocycles. The summed E-state index contributed by atoms with van der Waals surface area (Å²) in [4.78, 5) is 15.6. The maximum absolute atomic E-state index is 6.67. The van der Waals surface area contributed by atoms with Crippen LogP contribution in [0.1, 0.15) is 85.0 Å². The number of rotatable bonds is 4. The lowest BCUT2D eigenvalue weighted by molar-refractivity contribution is 0.655. The van der Waals surface area contributed by atoms with Crippen LogP contribution in [0.3, 0.4) is 0 Å². The van der Waals surface area contributed by atoms with Crippen molar-refractivity contribution in [3.8, 4) is 22.5 Å². The Hall–Kier alpha value is -4.57. The number of aryl methyl sites for hydroxylation is 4. The van der Waals surface area contributed by atoms with Crippen LogP contribution in [-0.2, 0) is 0 Å². The van der Waals surface area contributed by atoms with Gasteiger partial charge in [-0.05, 0) is 104 Å². The van der Waals surface area contributed by atoms with Crippen molar-refractivity contribution in [3.63, 3.8) is 0 Å². The molecule has 0 unspecified atom stereocenters. The average molecular weight is 590 g/mol. The molecular weight excluding hydrogens is 550 g/mol. The molecule has 3 aromatic heterocycles. The van der Waals surface area contributed by atoms with Gasteiger partial charge < -0.3 is 4.42 Å². The van der Waals surface area contributed by atoms with Crippen molar-refractivity contribution in [2.75, 3.05) is 0 Å². The van der Waals surface area contributed by atoms with Crippen molar-refractivity contribution < 1.29 is 4.42 Å². The third-order valence-electron chi connectivity index (χ3n) is 10.1. The van der Waals surface area contributed by atoms with Crippen LogP contribution in [-0.4, -0.2) is 15.0 Å². The smallest absolute Gasteiger partial charge is 0.227 e. The summed E-state index contributed by atoms with van der Waals surface area (Å²) in [6.07, 6.45) is 5.21. The Bertz CT molecular complexity index is 2280. The van der Waals surface area contributed by atoms with E-state index in [1.807, 2.05) is 0 Å². The van der Waals surface area contributed by atoms with Gasteiger partial charge in [0.2, 0.25) is 5.71 Å². The van der Waals surface area contributed by atoms with Crippen LogP contribution in [0.5, 0.6) is 0 Å². The molecule has 4 nitrogen and oxygen atoms in total. The zero-order valence-electron chi connectivity index (χ0n) is 27.1. The third kappa shape index (κ3) is 4.37. The third-order valence-corrected chi connectivity index (χ3v) is 10.1. The minimum atomic E-state index is 0.180. The summed E-state index contributed by atoms with van der Waals surface area (Å²) in [6.45, 7) is 13.2. The molecule has 1 fully saturated rings. The molecule has 4 heteroatoms. The second-order valence-corrected chi connectivity index (χ2v) is 13.5. The fourth-order valence-electron chi connectivity index (χ4n) is 8.01. The molecule has 4 aromatic carbocycles. The van der Waals surface area contributed by atoms with Crippen molar-refractivity contribution in [1.82, 2.24) is 15.0 Å². The van der Waals surface area contributed by atoms with Crippen LogP contribution in [0.25, 0.3) is 66.3 Å². The Labute approximate surface area is 264 Å². The molecule has 3 heterocycles. The first-order valence-electron chi connectivity index (χ1n) is 16.4. The van der Waals surface area contributed by atoms with Crippen LogP contribution in [0.4, 0.5) is 0 Å². The Balaban J connectivity index is 1.40. The van der Waals surface area contributed by atoms with Gasteiger partial charge in [-0.1, -0.05) is 69.2 Å². The summed E-state index contributed by atoms with van der Waals surface area (Å²) in [7, 11) is 0. The molecule has 1 aliphatic carbocycles. The van der Waals surface area contributed by atoms with Crippen LogP contribution in [0.2, 0.25) is 0 Å². The predicted molar refractivity (Wildman–Crippen MR) is 187 cm³/mol. The molecule has 0 bridgehead atoms. The molecule has 0 spiro atoms. The van der Waals surface area contributed by atoms with E-state index in [2.05, 4.69) is 108 Å². The molecule has 1 aliphatic rings. The highest BCUT2D eigenvalue weighted by Gasteiger charge is 2.25. The molecular formula is C41H39N3O. The maximum Gasteiger partial charge on any atom is 0.227 e. The van der Waals surface area contributed by atoms with E-state index in [0.29, 0.717) is 11.6 Å². The van der Waals surface area contributed by atoms with E-state index in [1.165, 1.54) is 64.3 Å². The minimum Gasteiger partial charge on any atom is -0.437 e. The highest BCUT2D eigenvalue weighted by Crippen LogP contribution is 2.44. The zero-order valence-corrected chi connectivity index (χ0v) is 27.1. The lowest BCUT2D eigenvalue weighted by Gasteiger charge is -2.20. The maximum atomic E-state index is 6.67. The van der Waals surface area contributed by atoms with Crippen LogP contribution < -0.4 is 0 Å². The van der Waals surface area contributed by atoms with E-state index in [1.54, 1.807) is 0 Å². The molecule has 0 atom stereocenters. The first-order valence-corrected chi connectivity index (χ1v) is 16.4. The van der Waals surface area contributed by atoms with Crippen molar-refractivity contribution in [2.24, 2.45) is 0 Å². The number of hydrogen-bond donors (Lipinski definition) is 0. The van der Waals surface area contributed by atoms with Gasteiger partial charge in [0, 0.05) is 38.6 Å². The van der Waals surface area contributed by atoms with Crippen LogP contribution in [0.15, 0.2) is 71.1 Å². The predicted octanol–water partition coefficient (Wildman–Crippen LogP) is 11.4. The Kier molecular flexibility index (Phi) is 6.53. The van der Waals surface area contributed by atoms with Gasteiger partial charge in [-0.25, -0.2) is 15.0 Å². The fourth-order valence-corrected chi connectivity index (χ4v) is 8.01. The summed E-state index contributed by atoms with van der Waals surface area (Å²) >= 11 is 0. The summed E-state index contributed by atoms with van der Waals surface area (Å²) < 4.78 is 6.67. The summed E-state index contributed by atoms with van der Waals surface area (Å²) in [5.41, 5.74) is 13.3. The number of hydrogen-bond acceptors (Lipinski definition) is 4. The van der Waals surface area contributed by atoms with E-state index in [4.69, 9.17) is 19.4 Å². The average Bonchev–Trinajstić information content (AvgIpc) is 3.68. The van der Waals surface area contributed by atoms with Gasteiger partial charge in [0.05, 0.1) is 16.9 Å². The molecule has 0 radical (unpaired) electrons. The summed E-state index contributed by atoms with van der Waals surface area (Å²) in [5.74, 6) is 1.68. The topological polar surface area (TPSA) is 51.8 Å². The van der Waals surface area contributed by atoms with Gasteiger partial charge in [-0.2, -0.15) is 0 Å². The largest absolute Gasteiger partial charge is 0.437 e. The van der Waals surface area contributed by atoms with Crippen molar-refractivity contribution in [1.29, 1.82) is 0 Å². The first kappa shape index (κ1) is 27.9. The quantitative estimate of drug-likeness (QED) is 0.192. The molecule has 7 aromatic rings. The Morgan fingerprint density at radius 3 is 2.22 bits per heavy atom. The molecule has 1 saturated carbocycles. The summed E-state index contributed by atoms with van der Waals surface area (Å²) in [5, 5.41) is 5.65.